The molecule has 2 heteroatoms. The summed E-state index contributed by atoms with van der Waals surface area (Å²) in [5, 5.41) is 0. The van der Waals surface area contributed by atoms with Gasteiger partial charge in [0.2, 0.25) is 0 Å². The normalized spacial score (nSPS) is 25.0. The Morgan fingerprint density at radius 1 is 1.40 bits per heavy atom. The predicted molar refractivity (Wildman–Crippen MR) is 58.0 cm³/mol. The molecule has 1 saturated heterocycles. The van der Waals surface area contributed by atoms with Crippen LogP contribution in [0.15, 0.2) is 36.9 Å². The number of epoxide rings is 1. The quantitative estimate of drug-likeness (QED) is 0.546. The molecule has 1 atom stereocenters. The van der Waals surface area contributed by atoms with Crippen LogP contribution in [-0.4, -0.2) is 6.61 Å². The predicted octanol–water partition coefficient (Wildman–Crippen LogP) is 3.26. The van der Waals surface area contributed by atoms with Crippen LogP contribution in [-0.2, 0) is 10.3 Å². The van der Waals surface area contributed by atoms with Crippen molar-refractivity contribution in [2.75, 3.05) is 6.61 Å². The molecule has 1 nitrogen and oxygen atoms in total. The molecule has 0 amide bonds. The van der Waals surface area contributed by atoms with E-state index in [1.807, 2.05) is 6.08 Å². The third kappa shape index (κ3) is 1.49. The molecule has 0 radical (unpaired) electrons. The summed E-state index contributed by atoms with van der Waals surface area (Å²) < 4.78 is 18.4. The van der Waals surface area contributed by atoms with Gasteiger partial charge in [0, 0.05) is 5.41 Å². The van der Waals surface area contributed by atoms with Crippen molar-refractivity contribution in [1.82, 2.24) is 0 Å². The van der Waals surface area contributed by atoms with E-state index >= 15 is 0 Å². The molecule has 0 N–H and O–H groups in total. The van der Waals surface area contributed by atoms with E-state index in [1.54, 1.807) is 12.1 Å². The molecule has 15 heavy (non-hydrogen) atoms. The number of rotatable bonds is 3. The van der Waals surface area contributed by atoms with Gasteiger partial charge in [-0.3, -0.25) is 0 Å². The van der Waals surface area contributed by atoms with Crippen molar-refractivity contribution in [2.24, 2.45) is 5.41 Å². The van der Waals surface area contributed by atoms with E-state index in [9.17, 15) is 4.39 Å². The number of hydrogen-bond donors (Lipinski definition) is 0. The topological polar surface area (TPSA) is 12.5 Å². The van der Waals surface area contributed by atoms with Crippen LogP contribution in [0, 0.1) is 11.2 Å². The zero-order valence-electron chi connectivity index (χ0n) is 9.09. The smallest absolute Gasteiger partial charge is 0.125 e. The van der Waals surface area contributed by atoms with E-state index in [4.69, 9.17) is 4.74 Å². The fourth-order valence-corrected chi connectivity index (χ4v) is 1.87. The van der Waals surface area contributed by atoms with E-state index in [0.29, 0.717) is 6.61 Å². The van der Waals surface area contributed by atoms with Crippen molar-refractivity contribution in [3.05, 3.63) is 48.3 Å². The highest BCUT2D eigenvalue weighted by Gasteiger charge is 2.56. The summed E-state index contributed by atoms with van der Waals surface area (Å²) in [5.41, 5.74) is 0.585. The van der Waals surface area contributed by atoms with Gasteiger partial charge in [-0.25, -0.2) is 4.39 Å². The van der Waals surface area contributed by atoms with Crippen LogP contribution in [0.25, 0.3) is 0 Å². The summed E-state index contributed by atoms with van der Waals surface area (Å²) in [6.07, 6.45) is 1.89. The number of ether oxygens (including phenoxy) is 1. The maximum Gasteiger partial charge on any atom is 0.125 e. The molecule has 0 spiro atoms. The molecule has 1 heterocycles. The van der Waals surface area contributed by atoms with Crippen molar-refractivity contribution in [1.29, 1.82) is 0 Å². The van der Waals surface area contributed by atoms with E-state index < -0.39 is 0 Å². The monoisotopic (exact) mass is 206 g/mol. The molecule has 1 unspecified atom stereocenters. The van der Waals surface area contributed by atoms with Crippen LogP contribution in [0.4, 0.5) is 4.39 Å². The average Bonchev–Trinajstić information content (AvgIpc) is 3.00. The van der Waals surface area contributed by atoms with Crippen LogP contribution in [0.3, 0.4) is 0 Å². The van der Waals surface area contributed by atoms with E-state index in [2.05, 4.69) is 20.4 Å². The second kappa shape index (κ2) is 3.17. The Morgan fingerprint density at radius 2 is 1.93 bits per heavy atom. The first kappa shape index (κ1) is 10.4. The van der Waals surface area contributed by atoms with E-state index in [-0.39, 0.29) is 16.8 Å². The lowest BCUT2D eigenvalue weighted by Gasteiger charge is -2.28. The largest absolute Gasteiger partial charge is 0.364 e. The first-order chi connectivity index (χ1) is 7.02. The zero-order valence-corrected chi connectivity index (χ0v) is 9.09. The summed E-state index contributed by atoms with van der Waals surface area (Å²) in [4.78, 5) is 0. The highest BCUT2D eigenvalue weighted by atomic mass is 19.1. The van der Waals surface area contributed by atoms with Gasteiger partial charge in [-0.2, -0.15) is 0 Å². The maximum absolute atomic E-state index is 12.8. The van der Waals surface area contributed by atoms with E-state index in [0.717, 1.165) is 5.56 Å². The highest BCUT2D eigenvalue weighted by Crippen LogP contribution is 2.53. The Hall–Kier alpha value is -1.15. The van der Waals surface area contributed by atoms with Crippen molar-refractivity contribution in [3.8, 4) is 0 Å². The lowest BCUT2D eigenvalue weighted by atomic mass is 9.75. The number of benzene rings is 1. The third-order valence-electron chi connectivity index (χ3n) is 3.29. The minimum Gasteiger partial charge on any atom is -0.364 e. The lowest BCUT2D eigenvalue weighted by Crippen LogP contribution is -2.28. The minimum absolute atomic E-state index is 0.134. The summed E-state index contributed by atoms with van der Waals surface area (Å²) >= 11 is 0. The molecule has 1 aliphatic rings. The second-order valence-electron chi connectivity index (χ2n) is 4.55. The first-order valence-corrected chi connectivity index (χ1v) is 5.05. The third-order valence-corrected chi connectivity index (χ3v) is 3.29. The molecule has 0 bridgehead atoms. The van der Waals surface area contributed by atoms with Gasteiger partial charge in [-0.1, -0.05) is 32.1 Å². The van der Waals surface area contributed by atoms with Gasteiger partial charge < -0.3 is 4.74 Å². The van der Waals surface area contributed by atoms with Crippen molar-refractivity contribution in [3.63, 3.8) is 0 Å². The second-order valence-corrected chi connectivity index (χ2v) is 4.55. The lowest BCUT2D eigenvalue weighted by molar-refractivity contribution is 0.183. The van der Waals surface area contributed by atoms with Crippen LogP contribution >= 0.6 is 0 Å². The summed E-state index contributed by atoms with van der Waals surface area (Å²) in [7, 11) is 0. The van der Waals surface area contributed by atoms with Crippen molar-refractivity contribution >= 4 is 0 Å². The fourth-order valence-electron chi connectivity index (χ4n) is 1.87. The molecule has 1 aliphatic heterocycles. The molecule has 0 aromatic heterocycles. The van der Waals surface area contributed by atoms with Gasteiger partial charge in [-0.05, 0) is 17.7 Å². The Kier molecular flexibility index (Phi) is 2.19. The Balaban J connectivity index is 2.39. The van der Waals surface area contributed by atoms with Crippen LogP contribution < -0.4 is 0 Å². The number of halogens is 1. The molecule has 1 aromatic rings. The minimum atomic E-state index is -0.303. The van der Waals surface area contributed by atoms with Gasteiger partial charge in [-0.15, -0.1) is 6.58 Å². The molecule has 1 aromatic carbocycles. The van der Waals surface area contributed by atoms with Crippen LogP contribution in [0.5, 0.6) is 0 Å². The maximum atomic E-state index is 12.8. The molecule has 0 aliphatic carbocycles. The highest BCUT2D eigenvalue weighted by molar-refractivity contribution is 5.32. The Labute approximate surface area is 89.6 Å². The SMILES string of the molecule is C=CC(C)(C)C1(c2ccc(F)cc2)CO1. The molecule has 2 rings (SSSR count). The number of hydrogen-bond acceptors (Lipinski definition) is 1. The summed E-state index contributed by atoms with van der Waals surface area (Å²) in [6, 6.07) is 6.51. The van der Waals surface area contributed by atoms with Crippen molar-refractivity contribution in [2.45, 2.75) is 19.4 Å². The molecular weight excluding hydrogens is 191 g/mol. The molecular formula is C13H15FO. The molecule has 80 valence electrons. The Bertz CT molecular complexity index is 374. The standard InChI is InChI=1S/C13H15FO/c1-4-12(2,3)13(9-15-13)10-5-7-11(14)8-6-10/h4-8H,1,9H2,2-3H3. The summed E-state index contributed by atoms with van der Waals surface area (Å²) in [6.45, 7) is 8.67. The summed E-state index contributed by atoms with van der Waals surface area (Å²) in [5.74, 6) is -0.217. The van der Waals surface area contributed by atoms with Gasteiger partial charge >= 0.3 is 0 Å². The first-order valence-electron chi connectivity index (χ1n) is 5.05. The van der Waals surface area contributed by atoms with Gasteiger partial charge in [0.25, 0.3) is 0 Å². The van der Waals surface area contributed by atoms with Crippen LogP contribution in [0.2, 0.25) is 0 Å². The van der Waals surface area contributed by atoms with Crippen LogP contribution in [0.1, 0.15) is 19.4 Å². The van der Waals surface area contributed by atoms with Gasteiger partial charge in [0.1, 0.15) is 11.4 Å². The molecule has 0 saturated carbocycles. The van der Waals surface area contributed by atoms with Gasteiger partial charge in [0.15, 0.2) is 0 Å². The molecule has 1 fully saturated rings. The average molecular weight is 206 g/mol. The Morgan fingerprint density at radius 3 is 2.33 bits per heavy atom. The van der Waals surface area contributed by atoms with Crippen molar-refractivity contribution < 1.29 is 9.13 Å². The zero-order chi connectivity index (χ0) is 11.1. The fraction of sp³-hybridized carbons (Fsp3) is 0.385. The van der Waals surface area contributed by atoms with Gasteiger partial charge in [0.05, 0.1) is 6.61 Å². The van der Waals surface area contributed by atoms with E-state index in [1.165, 1.54) is 12.1 Å².